The molecule has 57 heteroatoms. The average molecular weight is 1690 g/mol. The quantitative estimate of drug-likeness (QED) is 0.0498. The number of aryl methyl sites for hydroxylation is 5. The van der Waals surface area contributed by atoms with Crippen molar-refractivity contribution in [3.05, 3.63) is 179 Å². The Morgan fingerprint density at radius 2 is 0.549 bits per heavy atom. The second kappa shape index (κ2) is 36.9. The maximum atomic E-state index is 13.0. The fraction of sp³-hybridized carbons (Fsp3) is 0.178. The van der Waals surface area contributed by atoms with Crippen molar-refractivity contribution in [2.45, 2.75) is 64.0 Å². The third-order valence-corrected chi connectivity index (χ3v) is 40.4. The van der Waals surface area contributed by atoms with E-state index in [0.29, 0.717) is 29.9 Å². The molecule has 0 bridgehead atoms. The first-order valence-corrected chi connectivity index (χ1v) is 49.8. The molecule has 3 fully saturated rings. The van der Waals surface area contributed by atoms with E-state index in [9.17, 15) is 85.7 Å². The number of hydrogen-bond acceptors (Lipinski definition) is 38. The normalized spacial score (nSPS) is 15.4. The van der Waals surface area contributed by atoms with Gasteiger partial charge in [-0.05, 0) is 100 Å². The Labute approximate surface area is 631 Å². The van der Waals surface area contributed by atoms with Crippen LogP contribution in [0.2, 0.25) is 0 Å². The van der Waals surface area contributed by atoms with E-state index in [4.69, 9.17) is 52.8 Å². The van der Waals surface area contributed by atoms with Crippen molar-refractivity contribution < 1.29 is 167 Å². The first-order chi connectivity index (χ1) is 46.7. The van der Waals surface area contributed by atoms with Gasteiger partial charge in [0.1, 0.15) is 4.90 Å². The molecule has 0 unspecified atom stereocenters. The third kappa shape index (κ3) is 27.6. The van der Waals surface area contributed by atoms with Gasteiger partial charge in [0.2, 0.25) is 30.4 Å². The zero-order valence-corrected chi connectivity index (χ0v) is 68.0. The molecule has 3 aliphatic rings. The Kier molecular flexibility index (Phi) is 32.0. The molecule has 0 saturated carbocycles. The Morgan fingerprint density at radius 1 is 0.324 bits per heavy atom. The number of aromatic carboxylic acids is 1. The van der Waals surface area contributed by atoms with Crippen LogP contribution in [-0.4, -0.2) is 213 Å². The van der Waals surface area contributed by atoms with Gasteiger partial charge in [0.05, 0.1) is 49.2 Å². The van der Waals surface area contributed by atoms with Crippen molar-refractivity contribution in [2.75, 3.05) is 18.8 Å². The maximum Gasteiger partial charge on any atom is 1.00 e. The zero-order chi connectivity index (χ0) is 74.9. The second-order valence-electron chi connectivity index (χ2n) is 20.3. The Balaban J connectivity index is 0.000000252. The summed E-state index contributed by atoms with van der Waals surface area (Å²) in [7, 11) is -46.2. The van der Waals surface area contributed by atoms with E-state index in [-0.39, 0.29) is 43.3 Å². The van der Waals surface area contributed by atoms with E-state index in [1.165, 1.54) is 135 Å². The minimum Gasteiger partial charge on any atom is -0.545 e. The smallest absolute Gasteiger partial charge is 0.545 e. The molecule has 0 aliphatic carbocycles. The van der Waals surface area contributed by atoms with Crippen LogP contribution in [0.4, 0.5) is 0 Å². The molecule has 102 heavy (non-hydrogen) atoms. The predicted octanol–water partition coefficient (Wildman–Crippen LogP) is -3.72. The average Bonchev–Trinajstić information content (AvgIpc) is 0.796. The van der Waals surface area contributed by atoms with E-state index in [2.05, 4.69) is 9.70 Å². The van der Waals surface area contributed by atoms with Crippen LogP contribution >= 0.6 is 0 Å². The van der Waals surface area contributed by atoms with E-state index >= 15 is 0 Å². The van der Waals surface area contributed by atoms with Crippen LogP contribution < -0.4 is 24.0 Å². The van der Waals surface area contributed by atoms with Gasteiger partial charge >= 0.3 is 132 Å². The molecule has 3 saturated heterocycles. The van der Waals surface area contributed by atoms with Crippen molar-refractivity contribution in [3.8, 4) is 0 Å². The van der Waals surface area contributed by atoms with Gasteiger partial charge in [-0.1, -0.05) is 108 Å². The van der Waals surface area contributed by atoms with Gasteiger partial charge in [-0.2, -0.15) is 50.5 Å². The van der Waals surface area contributed by atoms with Crippen LogP contribution in [-0.2, 0) is 154 Å². The van der Waals surface area contributed by atoms with Crippen LogP contribution in [0.3, 0.4) is 0 Å². The summed E-state index contributed by atoms with van der Waals surface area (Å²) in [5.41, 5.74) is 2.22. The Bertz CT molecular complexity index is 4670. The van der Waals surface area contributed by atoms with Gasteiger partial charge < -0.3 is 60.1 Å². The summed E-state index contributed by atoms with van der Waals surface area (Å²) in [6, 6.07) is 32.6. The fourth-order valence-corrected chi connectivity index (χ4v) is 35.8. The number of carbonyl (C=O) groups excluding carboxylic acids is 1. The van der Waals surface area contributed by atoms with Crippen molar-refractivity contribution in [1.29, 1.82) is 0 Å². The van der Waals surface area contributed by atoms with Crippen LogP contribution in [0.15, 0.2) is 175 Å². The molecule has 6 aromatic carbocycles. The molecule has 0 aromatic heterocycles. The van der Waals surface area contributed by atoms with Crippen LogP contribution in [0.25, 0.3) is 0 Å². The fourth-order valence-electron chi connectivity index (χ4n) is 7.53. The molecule has 3 aliphatic heterocycles. The summed E-state index contributed by atoms with van der Waals surface area (Å²) in [6.45, 7) is 8.24. The molecule has 538 valence electrons. The second-order valence-corrected chi connectivity index (χ2v) is 47.9. The number of carboxylic acid groups (broad SMARTS) is 1. The van der Waals surface area contributed by atoms with E-state index in [1.807, 2.05) is 0 Å². The summed E-state index contributed by atoms with van der Waals surface area (Å²) in [5, 5.41) is 11.4. The molecule has 3 heterocycles. The van der Waals surface area contributed by atoms with Gasteiger partial charge in [0.15, 0.2) is 0 Å². The number of carboxylic acids is 1. The van der Waals surface area contributed by atoms with E-state index < -0.39 is 220 Å². The molecule has 0 N–H and O–H groups in total. The van der Waals surface area contributed by atoms with Crippen LogP contribution in [0.1, 0.15) is 38.2 Å². The number of rotatable bonds is 25. The zero-order valence-electron chi connectivity index (χ0n) is 53.7. The molecule has 38 nitrogen and oxygen atoms in total. The summed E-state index contributed by atoms with van der Waals surface area (Å²) >= 11 is -22.2. The Hall–Kier alpha value is -2.39. The summed E-state index contributed by atoms with van der Waals surface area (Å²) < 4.78 is 310. The van der Waals surface area contributed by atoms with Gasteiger partial charge in [0.25, 0.3) is 60.7 Å². The minimum atomic E-state index is -4.92. The van der Waals surface area contributed by atoms with Gasteiger partial charge in [-0.3, -0.25) is 12.3 Å². The molecule has 9 rings (SSSR count). The largest absolute Gasteiger partial charge is 1.00 e. The third-order valence-electron chi connectivity index (χ3n) is 12.0. The van der Waals surface area contributed by atoms with Gasteiger partial charge in [-0.15, -0.1) is 0 Å². The first kappa shape index (κ1) is 88.5. The molecule has 0 radical (unpaired) electrons. The topological polar surface area (TPSA) is 514 Å². The number of carbonyl (C=O) groups is 1. The molecule has 0 atom stereocenters. The minimum absolute atomic E-state index is 0. The standard InChI is InChI=1S/C21H21B3O12S3.C7H6O5S.2C7H8O3S.3CH4O3S.6Al.Li.6O/c1-16-4-10-19(11-5-16)37(25,26)34-22-31-23(35-38(27,28)20-12-6-17(2)7-13-20)33-24(32-22)36-39(29,30)21-14-8-18(3)9-15-21;8-7(9)5-3-1-2-4-6(5)13(10,11)12;2*1-6-4-2-3-5-7(6)11(8,9)10;3*1-5(2,3)4;;;;;;;;;;;;;/h4-15H,1-3H3;1-4H,(H,8,9)(H,10,11,12);2*2-5H,1H3,(H,8,9,10);3*1H3,(H,2,3,4);;;;;;;;;;;;;/q;;;;;;;7*+1;;;;;;/p-7. The van der Waals surface area contributed by atoms with Crippen molar-refractivity contribution in [3.63, 3.8) is 0 Å². The van der Waals surface area contributed by atoms with Crippen LogP contribution in [0.5, 0.6) is 0 Å². The monoisotopic (exact) mass is 1690 g/mol. The summed E-state index contributed by atoms with van der Waals surface area (Å²) in [4.78, 5) is 9.32. The predicted molar refractivity (Wildman–Crippen MR) is 346 cm³/mol. The maximum absolute atomic E-state index is 13.0. The van der Waals surface area contributed by atoms with Crippen molar-refractivity contribution >= 4 is 210 Å². The molecule has 6 aromatic rings. The van der Waals surface area contributed by atoms with Gasteiger partial charge in [0, 0.05) is 5.56 Å². The van der Waals surface area contributed by atoms with Crippen molar-refractivity contribution in [1.82, 2.24) is 0 Å². The summed E-state index contributed by atoms with van der Waals surface area (Å²) in [6.07, 6.45) is 2.14. The molecule has 0 amide bonds. The summed E-state index contributed by atoms with van der Waals surface area (Å²) in [5.74, 6) is -1.82. The van der Waals surface area contributed by atoms with Crippen LogP contribution in [0, 0.1) is 34.6 Å². The van der Waals surface area contributed by atoms with Gasteiger partial charge in [-0.25, -0.2) is 25.3 Å². The first-order valence-electron chi connectivity index (χ1n) is 27.4. The SMILES string of the molecule is CS(=O)(=O)[O][Al]1[O][Al]([O]S(C)(=O)=O)[O][Al]([O]S(C)(=O)=O)[O]1.Cc1ccc(S(=O)(=O)OB2OB(OS(=O)(=O)c3ccc(C)cc3)OB(OS(=O)(=O)c3ccc(C)cc3)O2)cc1.Cc1ccccc1S(=O)(=O)[O][Al]1[O][Al]([O]S(=O)(=O)c2ccccc2C)[O][Al]([O]S(=O)(=O)c2ccccc2C(=O)[O-])[O]1.[Li+]. The molecular formula is C45H48Al6B3LiO38S9. The molecule has 0 spiro atoms. The number of benzene rings is 6. The van der Waals surface area contributed by atoms with E-state index in [1.54, 1.807) is 32.9 Å². The number of hydrogen-bond donors (Lipinski definition) is 0. The molecular weight excluding hydrogens is 1640 g/mol. The van der Waals surface area contributed by atoms with Crippen molar-refractivity contribution in [2.24, 2.45) is 0 Å². The Morgan fingerprint density at radius 3 is 0.794 bits per heavy atom. The van der Waals surface area contributed by atoms with E-state index in [0.717, 1.165) is 28.8 Å².